The molecule has 0 saturated carbocycles. The van der Waals surface area contributed by atoms with Gasteiger partial charge in [-0.1, -0.05) is 80.3 Å². The van der Waals surface area contributed by atoms with Gasteiger partial charge in [-0.05, 0) is 24.3 Å². The molecule has 1 aliphatic rings. The first-order valence-corrected chi connectivity index (χ1v) is 22.6. The average molecular weight is 993 g/mol. The van der Waals surface area contributed by atoms with Gasteiger partial charge in [0.15, 0.2) is 0 Å². The summed E-state index contributed by atoms with van der Waals surface area (Å²) in [7, 11) is 0. The number of hydrogen-bond donors (Lipinski definition) is 0. The van der Waals surface area contributed by atoms with E-state index >= 15 is 0 Å². The minimum absolute atomic E-state index is 0.171. The summed E-state index contributed by atoms with van der Waals surface area (Å²) in [5.74, 6) is 1.41. The molecule has 0 aliphatic heterocycles. The second-order valence-electron chi connectivity index (χ2n) is 15.4. The van der Waals surface area contributed by atoms with Crippen molar-refractivity contribution in [2.24, 2.45) is 0 Å². The van der Waals surface area contributed by atoms with Crippen LogP contribution in [0.1, 0.15) is 95.9 Å². The second kappa shape index (κ2) is 28.3. The highest BCUT2D eigenvalue weighted by Gasteiger charge is 2.32. The van der Waals surface area contributed by atoms with Crippen LogP contribution in [0.25, 0.3) is 0 Å². The smallest absolute Gasteiger partial charge is 0.229 e. The molecule has 4 aromatic carbocycles. The summed E-state index contributed by atoms with van der Waals surface area (Å²) in [6.45, 7) is 36.3. The summed E-state index contributed by atoms with van der Waals surface area (Å²) in [6.07, 6.45) is 10.3. The molecule has 0 N–H and O–H groups in total. The predicted molar refractivity (Wildman–Crippen MR) is 270 cm³/mol. The van der Waals surface area contributed by atoms with Crippen molar-refractivity contribution in [3.63, 3.8) is 0 Å². The van der Waals surface area contributed by atoms with Gasteiger partial charge in [-0.25, -0.2) is 0 Å². The third-order valence-electron chi connectivity index (χ3n) is 11.5. The van der Waals surface area contributed by atoms with Crippen LogP contribution < -0.4 is 37.9 Å². The summed E-state index contributed by atoms with van der Waals surface area (Å²) in [4.78, 5) is 0. The molecule has 0 saturated heterocycles. The highest BCUT2D eigenvalue weighted by molar-refractivity contribution is 5.63. The highest BCUT2D eigenvalue weighted by atomic mass is 16.7. The fourth-order valence-electron chi connectivity index (χ4n) is 7.92. The molecule has 5 rings (SSSR count). The molecule has 1 aliphatic carbocycles. The van der Waals surface area contributed by atoms with E-state index in [1.807, 2.05) is 52.0 Å². The maximum Gasteiger partial charge on any atom is 0.229 e. The number of benzene rings is 4. The topological polar surface area (TPSA) is 148 Å². The van der Waals surface area contributed by atoms with Crippen LogP contribution in [-0.4, -0.2) is 54.3 Å². The van der Waals surface area contributed by atoms with Crippen LogP contribution in [0.3, 0.4) is 0 Å². The van der Waals surface area contributed by atoms with E-state index in [-0.39, 0.29) is 54.3 Å². The van der Waals surface area contributed by atoms with Crippen molar-refractivity contribution in [2.45, 2.75) is 51.4 Å². The Balaban J connectivity index is 2.01. The van der Waals surface area contributed by atoms with Crippen LogP contribution >= 0.6 is 0 Å². The van der Waals surface area contributed by atoms with Gasteiger partial charge in [-0.3, -0.25) is 0 Å². The SMILES string of the molecule is C=COCOc1cc(OCOC=C)c2cc1C(C)c1cc(c(OCOC=C)cc1OCOC=C)C(C)c1cc(c(OCOC=C)cc1OCOC=C)C(C)c1cc(c(OCOC=C)cc1OCOC=C)C2C. The number of fused-ring (bicyclic) bond motifs is 8. The maximum atomic E-state index is 6.37. The lowest BCUT2D eigenvalue weighted by Crippen LogP contribution is -2.15. The number of rotatable bonds is 32. The normalized spacial score (nSPS) is 15.3. The first-order chi connectivity index (χ1) is 35.1. The van der Waals surface area contributed by atoms with Crippen LogP contribution in [-0.2, 0) is 37.9 Å². The predicted octanol–water partition coefficient (Wildman–Crippen LogP) is 12.6. The Morgan fingerprint density at radius 2 is 0.375 bits per heavy atom. The molecule has 0 aromatic heterocycles. The fourth-order valence-corrected chi connectivity index (χ4v) is 7.92. The lowest BCUT2D eigenvalue weighted by atomic mass is 9.80. The van der Waals surface area contributed by atoms with E-state index in [9.17, 15) is 0 Å². The Labute approximate surface area is 422 Å². The van der Waals surface area contributed by atoms with E-state index in [1.54, 1.807) is 24.3 Å². The first-order valence-electron chi connectivity index (χ1n) is 22.6. The summed E-state index contributed by atoms with van der Waals surface area (Å²) in [5.41, 5.74) is 5.73. The first kappa shape index (κ1) is 54.5. The van der Waals surface area contributed by atoms with Crippen molar-refractivity contribution in [1.82, 2.24) is 0 Å². The Kier molecular flexibility index (Phi) is 21.4. The Morgan fingerprint density at radius 3 is 0.486 bits per heavy atom. The van der Waals surface area contributed by atoms with Gasteiger partial charge in [0.1, 0.15) is 46.0 Å². The summed E-state index contributed by atoms with van der Waals surface area (Å²) in [6, 6.07) is 15.2. The van der Waals surface area contributed by atoms with Crippen molar-refractivity contribution >= 4 is 0 Å². The molecular weight excluding hydrogens is 929 g/mol. The van der Waals surface area contributed by atoms with Crippen molar-refractivity contribution in [1.29, 1.82) is 0 Å². The molecule has 384 valence electrons. The molecule has 0 fully saturated rings. The fraction of sp³-hybridized carbons (Fsp3) is 0.286. The highest BCUT2D eigenvalue weighted by Crippen LogP contribution is 2.51. The van der Waals surface area contributed by atoms with Crippen LogP contribution in [0.4, 0.5) is 0 Å². The molecule has 72 heavy (non-hydrogen) atoms. The molecule has 4 aromatic rings. The standard InChI is InChI=1S/C56H64O16/c1-13-57-29-65-49-25-50(66-30-58-14-2)42-21-41(49)37(9)43-22-44(52(68-32-60-16-4)26-51(43)67-31-59-15-3)39(11)47-24-48(56(72-36-64-20-8)28-55(47)71-35-63-19-7)40(12)46-23-45(38(42)10)53(69-33-61-17-5)27-54(46)70-34-62-18-6/h13-28,37-40H,1-8,29-36H2,9-12H3. The molecule has 0 amide bonds. The molecule has 16 heteroatoms. The third-order valence-corrected chi connectivity index (χ3v) is 11.5. The molecule has 0 atom stereocenters. The van der Waals surface area contributed by atoms with Crippen LogP contribution in [0.15, 0.2) is 151 Å². The molecule has 8 bridgehead atoms. The summed E-state index contributed by atoms with van der Waals surface area (Å²) in [5, 5.41) is 0. The Bertz CT molecular complexity index is 2010. The van der Waals surface area contributed by atoms with Gasteiger partial charge in [-0.15, -0.1) is 0 Å². The zero-order valence-corrected chi connectivity index (χ0v) is 41.4. The summed E-state index contributed by atoms with van der Waals surface area (Å²) >= 11 is 0. The van der Waals surface area contributed by atoms with Gasteiger partial charge in [0.2, 0.25) is 54.3 Å². The molecule has 0 radical (unpaired) electrons. The van der Waals surface area contributed by atoms with E-state index in [0.29, 0.717) is 90.5 Å². The largest absolute Gasteiger partial charge is 0.466 e. The Hall–Kier alpha value is -8.40. The van der Waals surface area contributed by atoms with Crippen molar-refractivity contribution in [2.75, 3.05) is 54.3 Å². The van der Waals surface area contributed by atoms with E-state index in [0.717, 1.165) is 0 Å². The van der Waals surface area contributed by atoms with Gasteiger partial charge in [0.25, 0.3) is 0 Å². The van der Waals surface area contributed by atoms with Crippen LogP contribution in [0.5, 0.6) is 46.0 Å². The van der Waals surface area contributed by atoms with E-state index in [4.69, 9.17) is 75.8 Å². The van der Waals surface area contributed by atoms with Gasteiger partial charge in [0.05, 0.1) is 50.1 Å². The number of ether oxygens (including phenoxy) is 16. The molecule has 0 unspecified atom stereocenters. The van der Waals surface area contributed by atoms with Crippen molar-refractivity contribution in [3.05, 3.63) is 196 Å². The molecular formula is C56H64O16. The van der Waals surface area contributed by atoms with Gasteiger partial charge in [0, 0.05) is 92.4 Å². The van der Waals surface area contributed by atoms with Crippen molar-refractivity contribution in [3.8, 4) is 46.0 Å². The van der Waals surface area contributed by atoms with E-state index in [2.05, 4.69) is 52.6 Å². The van der Waals surface area contributed by atoms with Crippen molar-refractivity contribution < 1.29 is 75.8 Å². The van der Waals surface area contributed by atoms with Gasteiger partial charge in [-0.2, -0.15) is 0 Å². The quantitative estimate of drug-likeness (QED) is 0.0259. The molecule has 16 nitrogen and oxygen atoms in total. The second-order valence-corrected chi connectivity index (χ2v) is 15.4. The lowest BCUT2D eigenvalue weighted by molar-refractivity contribution is 0.0730. The van der Waals surface area contributed by atoms with Gasteiger partial charge < -0.3 is 75.8 Å². The lowest BCUT2D eigenvalue weighted by Gasteiger charge is -2.29. The zero-order valence-electron chi connectivity index (χ0n) is 41.4. The van der Waals surface area contributed by atoms with Crippen LogP contribution in [0, 0.1) is 0 Å². The van der Waals surface area contributed by atoms with Gasteiger partial charge >= 0.3 is 0 Å². The zero-order chi connectivity index (χ0) is 51.8. The Morgan fingerprint density at radius 1 is 0.250 bits per heavy atom. The molecule has 0 spiro atoms. The average Bonchev–Trinajstić information content (AvgIpc) is 3.38. The van der Waals surface area contributed by atoms with E-state index in [1.165, 1.54) is 50.1 Å². The van der Waals surface area contributed by atoms with Crippen LogP contribution in [0.2, 0.25) is 0 Å². The summed E-state index contributed by atoms with van der Waals surface area (Å²) < 4.78 is 95.0. The maximum absolute atomic E-state index is 6.37. The number of hydrogen-bond acceptors (Lipinski definition) is 16. The monoisotopic (exact) mass is 992 g/mol. The minimum Gasteiger partial charge on any atom is -0.466 e. The minimum atomic E-state index is -0.495. The third kappa shape index (κ3) is 13.9. The van der Waals surface area contributed by atoms with E-state index < -0.39 is 23.7 Å². The molecule has 0 heterocycles.